The molecule has 0 bridgehead atoms. The van der Waals surface area contributed by atoms with Crippen molar-refractivity contribution in [1.29, 1.82) is 0 Å². The standard InChI is InChI=1S/C17H15ClFN3OS2/c1-8-9(2)25-17-15(8)16(20-10(3)21-17)24-7-14(23)22-13-5-4-11(19)6-12(13)18/h4-6H,7H2,1-3H3,(H,22,23). The number of anilines is 1. The zero-order chi connectivity index (χ0) is 18.1. The monoisotopic (exact) mass is 395 g/mol. The maximum atomic E-state index is 13.1. The van der Waals surface area contributed by atoms with Gasteiger partial charge in [0.1, 0.15) is 21.5 Å². The average molecular weight is 396 g/mol. The molecule has 2 aromatic heterocycles. The van der Waals surface area contributed by atoms with Gasteiger partial charge in [-0.25, -0.2) is 14.4 Å². The van der Waals surface area contributed by atoms with Gasteiger partial charge < -0.3 is 5.32 Å². The molecule has 0 spiro atoms. The lowest BCUT2D eigenvalue weighted by atomic mass is 10.2. The number of rotatable bonds is 4. The van der Waals surface area contributed by atoms with Gasteiger partial charge in [-0.15, -0.1) is 11.3 Å². The molecule has 0 unspecified atom stereocenters. The number of benzene rings is 1. The summed E-state index contributed by atoms with van der Waals surface area (Å²) in [7, 11) is 0. The Morgan fingerprint density at radius 3 is 2.80 bits per heavy atom. The maximum Gasteiger partial charge on any atom is 0.234 e. The van der Waals surface area contributed by atoms with Crippen molar-refractivity contribution in [2.45, 2.75) is 25.8 Å². The van der Waals surface area contributed by atoms with Gasteiger partial charge in [0.25, 0.3) is 0 Å². The van der Waals surface area contributed by atoms with E-state index in [-0.39, 0.29) is 16.7 Å². The van der Waals surface area contributed by atoms with Crippen molar-refractivity contribution in [1.82, 2.24) is 9.97 Å². The van der Waals surface area contributed by atoms with Gasteiger partial charge in [0.15, 0.2) is 0 Å². The number of carbonyl (C=O) groups is 1. The number of thioether (sulfide) groups is 1. The van der Waals surface area contributed by atoms with Crippen LogP contribution >= 0.6 is 34.7 Å². The van der Waals surface area contributed by atoms with Crippen molar-refractivity contribution in [3.8, 4) is 0 Å². The number of hydrogen-bond acceptors (Lipinski definition) is 5. The van der Waals surface area contributed by atoms with E-state index in [0.29, 0.717) is 11.5 Å². The van der Waals surface area contributed by atoms with Crippen LogP contribution in [0.3, 0.4) is 0 Å². The van der Waals surface area contributed by atoms with Crippen LogP contribution in [0.2, 0.25) is 5.02 Å². The van der Waals surface area contributed by atoms with Crippen molar-refractivity contribution in [2.75, 3.05) is 11.1 Å². The molecule has 4 nitrogen and oxygen atoms in total. The molecule has 0 atom stereocenters. The fourth-order valence-electron chi connectivity index (χ4n) is 2.33. The summed E-state index contributed by atoms with van der Waals surface area (Å²) in [4.78, 5) is 23.3. The second-order valence-corrected chi connectivity index (χ2v) is 8.07. The Kier molecular flexibility index (Phi) is 5.27. The highest BCUT2D eigenvalue weighted by atomic mass is 35.5. The minimum absolute atomic E-state index is 0.169. The second kappa shape index (κ2) is 7.27. The average Bonchev–Trinajstić information content (AvgIpc) is 2.82. The summed E-state index contributed by atoms with van der Waals surface area (Å²) in [5.41, 5.74) is 1.53. The molecule has 25 heavy (non-hydrogen) atoms. The summed E-state index contributed by atoms with van der Waals surface area (Å²) < 4.78 is 13.1. The molecule has 0 radical (unpaired) electrons. The molecule has 130 valence electrons. The van der Waals surface area contributed by atoms with E-state index in [2.05, 4.69) is 22.2 Å². The van der Waals surface area contributed by atoms with Crippen LogP contribution in [0.5, 0.6) is 0 Å². The number of carbonyl (C=O) groups excluding carboxylic acids is 1. The van der Waals surface area contributed by atoms with E-state index in [0.717, 1.165) is 20.8 Å². The van der Waals surface area contributed by atoms with E-state index in [1.807, 2.05) is 13.8 Å². The molecular weight excluding hydrogens is 381 g/mol. The van der Waals surface area contributed by atoms with Gasteiger partial charge in [0.05, 0.1) is 16.5 Å². The van der Waals surface area contributed by atoms with Crippen LogP contribution in [0.1, 0.15) is 16.3 Å². The number of halogens is 2. The minimum atomic E-state index is -0.445. The van der Waals surface area contributed by atoms with Gasteiger partial charge in [0.2, 0.25) is 5.91 Å². The van der Waals surface area contributed by atoms with E-state index in [1.54, 1.807) is 11.3 Å². The summed E-state index contributed by atoms with van der Waals surface area (Å²) in [5, 5.41) is 4.66. The maximum absolute atomic E-state index is 13.1. The third kappa shape index (κ3) is 3.94. The molecular formula is C17H15ClFN3OS2. The van der Waals surface area contributed by atoms with Crippen LogP contribution in [-0.2, 0) is 4.79 Å². The van der Waals surface area contributed by atoms with Crippen molar-refractivity contribution >= 4 is 56.5 Å². The molecule has 1 amide bonds. The summed E-state index contributed by atoms with van der Waals surface area (Å²) in [5.74, 6) is 0.179. The Labute approximate surface area is 157 Å². The van der Waals surface area contributed by atoms with Crippen LogP contribution in [0.15, 0.2) is 23.2 Å². The summed E-state index contributed by atoms with van der Waals surface area (Å²) in [6, 6.07) is 3.86. The molecule has 0 aliphatic carbocycles. The minimum Gasteiger partial charge on any atom is -0.324 e. The van der Waals surface area contributed by atoms with Gasteiger partial charge in [-0.05, 0) is 44.5 Å². The van der Waals surface area contributed by atoms with Crippen molar-refractivity contribution < 1.29 is 9.18 Å². The number of fused-ring (bicyclic) bond motifs is 1. The number of aromatic nitrogens is 2. The first-order valence-corrected chi connectivity index (χ1v) is 9.65. The number of hydrogen-bond donors (Lipinski definition) is 1. The Balaban J connectivity index is 1.77. The van der Waals surface area contributed by atoms with E-state index in [4.69, 9.17) is 11.6 Å². The van der Waals surface area contributed by atoms with Crippen LogP contribution in [0, 0.1) is 26.6 Å². The molecule has 3 aromatic rings. The molecule has 8 heteroatoms. The lowest BCUT2D eigenvalue weighted by molar-refractivity contribution is -0.113. The Morgan fingerprint density at radius 1 is 1.32 bits per heavy atom. The highest BCUT2D eigenvalue weighted by Crippen LogP contribution is 2.35. The largest absolute Gasteiger partial charge is 0.324 e. The summed E-state index contributed by atoms with van der Waals surface area (Å²) in [6.45, 7) is 5.93. The number of amides is 1. The first-order valence-electron chi connectivity index (χ1n) is 7.47. The molecule has 0 saturated carbocycles. The predicted molar refractivity (Wildman–Crippen MR) is 102 cm³/mol. The number of aryl methyl sites for hydroxylation is 3. The zero-order valence-electron chi connectivity index (χ0n) is 13.8. The first kappa shape index (κ1) is 18.1. The van der Waals surface area contributed by atoms with Crippen molar-refractivity contribution in [3.63, 3.8) is 0 Å². The topological polar surface area (TPSA) is 54.9 Å². The van der Waals surface area contributed by atoms with Crippen LogP contribution in [0.4, 0.5) is 10.1 Å². The molecule has 0 aliphatic heterocycles. The van der Waals surface area contributed by atoms with E-state index < -0.39 is 5.82 Å². The normalized spacial score (nSPS) is 11.1. The zero-order valence-corrected chi connectivity index (χ0v) is 16.2. The van der Waals surface area contributed by atoms with E-state index in [9.17, 15) is 9.18 Å². The SMILES string of the molecule is Cc1nc(SCC(=O)Nc2ccc(F)cc2Cl)c2c(C)c(C)sc2n1. The molecule has 0 fully saturated rings. The number of nitrogens with one attached hydrogen (secondary N) is 1. The summed E-state index contributed by atoms with van der Waals surface area (Å²) >= 11 is 8.92. The highest BCUT2D eigenvalue weighted by molar-refractivity contribution is 8.00. The number of thiophene rings is 1. The Bertz CT molecular complexity index is 974. The second-order valence-electron chi connectivity index (χ2n) is 5.50. The molecule has 1 N–H and O–H groups in total. The summed E-state index contributed by atoms with van der Waals surface area (Å²) in [6.07, 6.45) is 0. The first-order chi connectivity index (χ1) is 11.8. The van der Waals surface area contributed by atoms with Gasteiger partial charge in [0, 0.05) is 10.3 Å². The van der Waals surface area contributed by atoms with Gasteiger partial charge in [-0.2, -0.15) is 0 Å². The molecule has 2 heterocycles. The van der Waals surface area contributed by atoms with Gasteiger partial charge in [-0.3, -0.25) is 4.79 Å². The van der Waals surface area contributed by atoms with Gasteiger partial charge in [-0.1, -0.05) is 23.4 Å². The quantitative estimate of drug-likeness (QED) is 0.491. The third-order valence-corrected chi connectivity index (χ3v) is 6.04. The lowest BCUT2D eigenvalue weighted by Gasteiger charge is -2.08. The smallest absolute Gasteiger partial charge is 0.234 e. The molecule has 0 saturated heterocycles. The van der Waals surface area contributed by atoms with Crippen molar-refractivity contribution in [2.24, 2.45) is 0 Å². The van der Waals surface area contributed by atoms with Gasteiger partial charge >= 0.3 is 0 Å². The van der Waals surface area contributed by atoms with E-state index >= 15 is 0 Å². The molecule has 0 aliphatic rings. The van der Waals surface area contributed by atoms with Crippen LogP contribution < -0.4 is 5.32 Å². The Morgan fingerprint density at radius 2 is 2.08 bits per heavy atom. The van der Waals surface area contributed by atoms with E-state index in [1.165, 1.54) is 34.8 Å². The molecule has 1 aromatic carbocycles. The third-order valence-electron chi connectivity index (χ3n) is 3.65. The Hall–Kier alpha value is -1.70. The molecule has 3 rings (SSSR count). The fraction of sp³-hybridized carbons (Fsp3) is 0.235. The van der Waals surface area contributed by atoms with Crippen molar-refractivity contribution in [3.05, 3.63) is 45.3 Å². The number of nitrogens with zero attached hydrogens (tertiary/aromatic N) is 2. The fourth-order valence-corrected chi connectivity index (χ4v) is 4.61. The highest BCUT2D eigenvalue weighted by Gasteiger charge is 2.15. The predicted octanol–water partition coefficient (Wildman–Crippen LogP) is 5.14. The van der Waals surface area contributed by atoms with Crippen LogP contribution in [0.25, 0.3) is 10.2 Å². The van der Waals surface area contributed by atoms with Crippen LogP contribution in [-0.4, -0.2) is 21.6 Å². The lowest BCUT2D eigenvalue weighted by Crippen LogP contribution is -2.14.